The van der Waals surface area contributed by atoms with Crippen molar-refractivity contribution in [1.29, 1.82) is 0 Å². The molecule has 2 N–H and O–H groups in total. The third-order valence-electron chi connectivity index (χ3n) is 4.16. The van der Waals surface area contributed by atoms with Crippen LogP contribution in [0, 0.1) is 0 Å². The first-order chi connectivity index (χ1) is 9.92. The Hall–Kier alpha value is -2.74. The van der Waals surface area contributed by atoms with Crippen LogP contribution >= 0.6 is 0 Å². The molecule has 2 heteroatoms. The summed E-state index contributed by atoms with van der Waals surface area (Å²) in [6.45, 7) is 0. The first kappa shape index (κ1) is 10.1. The summed E-state index contributed by atoms with van der Waals surface area (Å²) in [4.78, 5) is 7.10. The van der Waals surface area contributed by atoms with Crippen molar-refractivity contribution in [2.24, 2.45) is 0 Å². The molecule has 0 spiro atoms. The molecule has 0 amide bonds. The van der Waals surface area contributed by atoms with Crippen LogP contribution in [-0.4, -0.2) is 9.97 Å². The van der Waals surface area contributed by atoms with Crippen LogP contribution in [0.5, 0.6) is 0 Å². The molecule has 0 unspecified atom stereocenters. The molecule has 0 saturated carbocycles. The molecule has 0 aliphatic carbocycles. The molecular weight excluding hydrogens is 244 g/mol. The lowest BCUT2D eigenvalue weighted by atomic mass is 10.1. The van der Waals surface area contributed by atoms with E-state index < -0.39 is 0 Å². The lowest BCUT2D eigenvalue weighted by Crippen LogP contribution is -1.72. The van der Waals surface area contributed by atoms with Crippen LogP contribution in [0.2, 0.25) is 0 Å². The van der Waals surface area contributed by atoms with Gasteiger partial charge in [0.2, 0.25) is 0 Å². The molecule has 0 atom stereocenters. The average Bonchev–Trinajstić information content (AvgIpc) is 3.05. The highest BCUT2D eigenvalue weighted by atomic mass is 14.8. The zero-order valence-electron chi connectivity index (χ0n) is 10.8. The van der Waals surface area contributed by atoms with Crippen LogP contribution in [0.4, 0.5) is 0 Å². The van der Waals surface area contributed by atoms with Gasteiger partial charge in [0.05, 0.1) is 11.0 Å². The average molecular weight is 256 g/mol. The Morgan fingerprint density at radius 2 is 0.900 bits per heavy atom. The van der Waals surface area contributed by atoms with Gasteiger partial charge in [-0.3, -0.25) is 0 Å². The lowest BCUT2D eigenvalue weighted by Gasteiger charge is -1.94. The number of aromatic amines is 2. The van der Waals surface area contributed by atoms with Gasteiger partial charge in [0.25, 0.3) is 0 Å². The number of hydrogen-bond acceptors (Lipinski definition) is 0. The van der Waals surface area contributed by atoms with Crippen molar-refractivity contribution < 1.29 is 0 Å². The molecule has 0 saturated heterocycles. The summed E-state index contributed by atoms with van der Waals surface area (Å²) in [5, 5.41) is 5.12. The van der Waals surface area contributed by atoms with Crippen LogP contribution in [0.25, 0.3) is 43.6 Å². The van der Waals surface area contributed by atoms with Gasteiger partial charge in [0, 0.05) is 32.6 Å². The second-order valence-corrected chi connectivity index (χ2v) is 5.25. The normalized spacial score (nSPS) is 12.0. The molecule has 0 aliphatic rings. The summed E-state index contributed by atoms with van der Waals surface area (Å²) in [7, 11) is 0. The molecule has 5 aromatic rings. The highest BCUT2D eigenvalue weighted by molar-refractivity contribution is 6.21. The van der Waals surface area contributed by atoms with Gasteiger partial charge >= 0.3 is 0 Å². The van der Waals surface area contributed by atoms with E-state index in [0.29, 0.717) is 0 Å². The fraction of sp³-hybridized carbons (Fsp3) is 0. The maximum absolute atomic E-state index is 3.55. The largest absolute Gasteiger partial charge is 0.353 e. The Balaban J connectivity index is 2.10. The van der Waals surface area contributed by atoms with Crippen LogP contribution < -0.4 is 0 Å². The van der Waals surface area contributed by atoms with Crippen molar-refractivity contribution in [2.45, 2.75) is 0 Å². The zero-order chi connectivity index (χ0) is 13.1. The second-order valence-electron chi connectivity index (χ2n) is 5.25. The summed E-state index contributed by atoms with van der Waals surface area (Å²) in [6, 6.07) is 21.3. The summed E-state index contributed by atoms with van der Waals surface area (Å²) >= 11 is 0. The van der Waals surface area contributed by atoms with Crippen molar-refractivity contribution in [2.75, 3.05) is 0 Å². The molecule has 20 heavy (non-hydrogen) atoms. The van der Waals surface area contributed by atoms with Crippen LogP contribution in [0.3, 0.4) is 0 Å². The van der Waals surface area contributed by atoms with E-state index in [2.05, 4.69) is 70.6 Å². The molecule has 94 valence electrons. The monoisotopic (exact) mass is 256 g/mol. The number of aromatic nitrogens is 2. The summed E-state index contributed by atoms with van der Waals surface area (Å²) in [5.41, 5.74) is 4.77. The van der Waals surface area contributed by atoms with Crippen molar-refractivity contribution in [3.63, 3.8) is 0 Å². The summed E-state index contributed by atoms with van der Waals surface area (Å²) in [6.07, 6.45) is 0. The van der Waals surface area contributed by atoms with E-state index in [4.69, 9.17) is 0 Å². The first-order valence-corrected chi connectivity index (χ1v) is 6.82. The number of hydrogen-bond donors (Lipinski definition) is 2. The van der Waals surface area contributed by atoms with E-state index in [1.807, 2.05) is 0 Å². The van der Waals surface area contributed by atoms with Crippen LogP contribution in [0.1, 0.15) is 0 Å². The molecular formula is C18H12N2. The molecule has 2 heterocycles. The molecule has 0 bridgehead atoms. The van der Waals surface area contributed by atoms with E-state index in [1.165, 1.54) is 43.6 Å². The van der Waals surface area contributed by atoms with Gasteiger partial charge in [0.15, 0.2) is 0 Å². The van der Waals surface area contributed by atoms with E-state index in [9.17, 15) is 0 Å². The minimum atomic E-state index is 1.19. The van der Waals surface area contributed by atoms with Crippen molar-refractivity contribution in [3.05, 3.63) is 60.7 Å². The third kappa shape index (κ3) is 1.14. The number of benzene rings is 3. The predicted octanol–water partition coefficient (Wildman–Crippen LogP) is 4.96. The maximum atomic E-state index is 3.55. The summed E-state index contributed by atoms with van der Waals surface area (Å²) < 4.78 is 0. The van der Waals surface area contributed by atoms with Crippen molar-refractivity contribution in [1.82, 2.24) is 9.97 Å². The quantitative estimate of drug-likeness (QED) is 0.392. The number of fused-ring (bicyclic) bond motifs is 7. The minimum Gasteiger partial charge on any atom is -0.353 e. The second kappa shape index (κ2) is 3.42. The van der Waals surface area contributed by atoms with Crippen molar-refractivity contribution >= 4 is 43.6 Å². The Morgan fingerprint density at radius 1 is 0.450 bits per heavy atom. The van der Waals surface area contributed by atoms with E-state index in [1.54, 1.807) is 0 Å². The number of rotatable bonds is 0. The van der Waals surface area contributed by atoms with Crippen LogP contribution in [-0.2, 0) is 0 Å². The first-order valence-electron chi connectivity index (χ1n) is 6.82. The van der Waals surface area contributed by atoms with E-state index in [0.717, 1.165) is 0 Å². The molecule has 0 fully saturated rings. The van der Waals surface area contributed by atoms with E-state index >= 15 is 0 Å². The van der Waals surface area contributed by atoms with Crippen LogP contribution in [0.15, 0.2) is 60.7 Å². The van der Waals surface area contributed by atoms with E-state index in [-0.39, 0.29) is 0 Å². The Labute approximate surface area is 115 Å². The molecule has 5 rings (SSSR count). The fourth-order valence-corrected chi connectivity index (χ4v) is 3.23. The summed E-state index contributed by atoms with van der Waals surface area (Å²) in [5.74, 6) is 0. The van der Waals surface area contributed by atoms with Gasteiger partial charge in [-0.2, -0.15) is 0 Å². The fourth-order valence-electron chi connectivity index (χ4n) is 3.23. The zero-order valence-corrected chi connectivity index (χ0v) is 10.8. The molecule has 0 aliphatic heterocycles. The van der Waals surface area contributed by atoms with Gasteiger partial charge in [-0.05, 0) is 12.1 Å². The highest BCUT2D eigenvalue weighted by Crippen LogP contribution is 2.34. The van der Waals surface area contributed by atoms with Gasteiger partial charge in [-0.15, -0.1) is 0 Å². The third-order valence-corrected chi connectivity index (χ3v) is 4.16. The topological polar surface area (TPSA) is 31.6 Å². The van der Waals surface area contributed by atoms with Gasteiger partial charge in [-0.25, -0.2) is 0 Å². The predicted molar refractivity (Wildman–Crippen MR) is 85.2 cm³/mol. The number of nitrogens with one attached hydrogen (secondary N) is 2. The van der Waals surface area contributed by atoms with Gasteiger partial charge < -0.3 is 9.97 Å². The van der Waals surface area contributed by atoms with Crippen molar-refractivity contribution in [3.8, 4) is 0 Å². The SMILES string of the molecule is c1ccc2c(c1)[nH]c1c2ccc2c3ccccc3[nH]c21. The van der Waals surface area contributed by atoms with Gasteiger partial charge in [0.1, 0.15) is 0 Å². The lowest BCUT2D eigenvalue weighted by molar-refractivity contribution is 1.51. The minimum absolute atomic E-state index is 1.19. The molecule has 2 aromatic heterocycles. The number of para-hydroxylation sites is 2. The molecule has 2 nitrogen and oxygen atoms in total. The Morgan fingerprint density at radius 3 is 1.40 bits per heavy atom. The molecule has 3 aromatic carbocycles. The Kier molecular flexibility index (Phi) is 1.73. The Bertz CT molecular complexity index is 1010. The molecule has 0 radical (unpaired) electrons. The maximum Gasteiger partial charge on any atom is 0.0710 e. The van der Waals surface area contributed by atoms with Gasteiger partial charge in [-0.1, -0.05) is 48.5 Å². The highest BCUT2D eigenvalue weighted by Gasteiger charge is 2.10. The standard InChI is InChI=1S/C18H12N2/c1-3-7-15-11(5-1)13-9-10-14-12-6-2-4-8-16(12)20-18(14)17(13)19-15/h1-10,19-20H. The number of H-pyrrole nitrogens is 2. The smallest absolute Gasteiger partial charge is 0.0710 e.